The first kappa shape index (κ1) is 20.6. The number of primary amides is 1. The predicted octanol–water partition coefficient (Wildman–Crippen LogP) is -0.884. The monoisotopic (exact) mass is 398 g/mol. The molecular weight excluding hydrogens is 376 g/mol. The SMILES string of the molecule is CS(=O)(=O)N1CCN(C(=O)COC(=O)c2ccc(CNC(N)=O)cc2)CC1. The molecule has 1 fully saturated rings. The van der Waals surface area contributed by atoms with Crippen LogP contribution >= 0.6 is 0 Å². The van der Waals surface area contributed by atoms with E-state index < -0.39 is 28.6 Å². The summed E-state index contributed by atoms with van der Waals surface area (Å²) in [6, 6.07) is 5.68. The van der Waals surface area contributed by atoms with Gasteiger partial charge >= 0.3 is 12.0 Å². The van der Waals surface area contributed by atoms with Gasteiger partial charge in [-0.1, -0.05) is 12.1 Å². The highest BCUT2D eigenvalue weighted by Gasteiger charge is 2.26. The molecule has 1 aromatic rings. The summed E-state index contributed by atoms with van der Waals surface area (Å²) in [7, 11) is -3.27. The third-order valence-corrected chi connectivity index (χ3v) is 5.35. The minimum absolute atomic E-state index is 0.222. The molecule has 11 heteroatoms. The van der Waals surface area contributed by atoms with Crippen LogP contribution in [0.3, 0.4) is 0 Å². The molecular formula is C16H22N4O6S. The van der Waals surface area contributed by atoms with Gasteiger partial charge in [0.05, 0.1) is 11.8 Å². The van der Waals surface area contributed by atoms with E-state index in [0.717, 1.165) is 11.8 Å². The number of ether oxygens (including phenoxy) is 1. The van der Waals surface area contributed by atoms with Crippen molar-refractivity contribution in [1.82, 2.24) is 14.5 Å². The Balaban J connectivity index is 1.80. The molecule has 0 spiro atoms. The van der Waals surface area contributed by atoms with Gasteiger partial charge in [-0.15, -0.1) is 0 Å². The number of esters is 1. The second-order valence-electron chi connectivity index (χ2n) is 6.03. The summed E-state index contributed by atoms with van der Waals surface area (Å²) in [5.41, 5.74) is 6.01. The van der Waals surface area contributed by atoms with Gasteiger partial charge in [0.25, 0.3) is 5.91 Å². The number of urea groups is 1. The largest absolute Gasteiger partial charge is 0.452 e. The first-order valence-electron chi connectivity index (χ1n) is 8.19. The standard InChI is InChI=1S/C16H22N4O6S/c1-27(24,25)20-8-6-19(7-9-20)14(21)11-26-15(22)13-4-2-12(3-5-13)10-18-16(17)23/h2-5H,6-11H2,1H3,(H3,17,18,23). The lowest BCUT2D eigenvalue weighted by Gasteiger charge is -2.33. The Hall–Kier alpha value is -2.66. The molecule has 0 unspecified atom stereocenters. The van der Waals surface area contributed by atoms with E-state index in [9.17, 15) is 22.8 Å². The fraction of sp³-hybridized carbons (Fsp3) is 0.438. The number of sulfonamides is 1. The van der Waals surface area contributed by atoms with Crippen LogP contribution in [0.2, 0.25) is 0 Å². The highest BCUT2D eigenvalue weighted by molar-refractivity contribution is 7.88. The number of nitrogens with zero attached hydrogens (tertiary/aromatic N) is 2. The number of nitrogens with two attached hydrogens (primary N) is 1. The number of piperazine rings is 1. The van der Waals surface area contributed by atoms with Crippen molar-refractivity contribution in [3.63, 3.8) is 0 Å². The average Bonchev–Trinajstić information content (AvgIpc) is 2.64. The lowest BCUT2D eigenvalue weighted by Crippen LogP contribution is -2.51. The van der Waals surface area contributed by atoms with Crippen LogP contribution in [0.15, 0.2) is 24.3 Å². The summed E-state index contributed by atoms with van der Waals surface area (Å²) in [6.45, 7) is 0.778. The van der Waals surface area contributed by atoms with Crippen LogP contribution in [0.25, 0.3) is 0 Å². The van der Waals surface area contributed by atoms with E-state index >= 15 is 0 Å². The maximum Gasteiger partial charge on any atom is 0.338 e. The van der Waals surface area contributed by atoms with Crippen LogP contribution in [-0.4, -0.2) is 74.6 Å². The lowest BCUT2D eigenvalue weighted by molar-refractivity contribution is -0.135. The van der Waals surface area contributed by atoms with Gasteiger partial charge in [0.1, 0.15) is 0 Å². The topological polar surface area (TPSA) is 139 Å². The van der Waals surface area contributed by atoms with Gasteiger partial charge in [0, 0.05) is 32.7 Å². The zero-order chi connectivity index (χ0) is 20.0. The van der Waals surface area contributed by atoms with Gasteiger partial charge < -0.3 is 20.7 Å². The number of benzene rings is 1. The zero-order valence-electron chi connectivity index (χ0n) is 14.9. The van der Waals surface area contributed by atoms with Crippen LogP contribution in [0, 0.1) is 0 Å². The molecule has 0 aliphatic carbocycles. The molecule has 0 saturated carbocycles. The van der Waals surface area contributed by atoms with Crippen molar-refractivity contribution in [2.45, 2.75) is 6.54 Å². The van der Waals surface area contributed by atoms with Crippen molar-refractivity contribution in [1.29, 1.82) is 0 Å². The van der Waals surface area contributed by atoms with E-state index in [2.05, 4.69) is 5.32 Å². The van der Waals surface area contributed by atoms with Crippen molar-refractivity contribution >= 4 is 27.9 Å². The molecule has 1 saturated heterocycles. The Morgan fingerprint density at radius 2 is 1.70 bits per heavy atom. The number of amides is 3. The van der Waals surface area contributed by atoms with Crippen LogP contribution < -0.4 is 11.1 Å². The van der Waals surface area contributed by atoms with E-state index in [4.69, 9.17) is 10.5 Å². The second-order valence-corrected chi connectivity index (χ2v) is 8.02. The second kappa shape index (κ2) is 8.82. The molecule has 148 valence electrons. The number of nitrogens with one attached hydrogen (secondary N) is 1. The third-order valence-electron chi connectivity index (χ3n) is 4.04. The number of hydrogen-bond acceptors (Lipinski definition) is 6. The molecule has 0 radical (unpaired) electrons. The van der Waals surface area contributed by atoms with Crippen LogP contribution in [0.5, 0.6) is 0 Å². The maximum absolute atomic E-state index is 12.1. The predicted molar refractivity (Wildman–Crippen MR) is 96.1 cm³/mol. The quantitative estimate of drug-likeness (QED) is 0.596. The van der Waals surface area contributed by atoms with E-state index in [1.807, 2.05) is 0 Å². The molecule has 3 amide bonds. The van der Waals surface area contributed by atoms with Gasteiger partial charge in [-0.25, -0.2) is 18.0 Å². The summed E-state index contributed by atoms with van der Waals surface area (Å²) in [5, 5.41) is 2.43. The van der Waals surface area contributed by atoms with E-state index in [1.54, 1.807) is 12.1 Å². The Bertz CT molecular complexity index is 801. The molecule has 1 heterocycles. The maximum atomic E-state index is 12.1. The van der Waals surface area contributed by atoms with Gasteiger partial charge in [0.15, 0.2) is 6.61 Å². The van der Waals surface area contributed by atoms with Crippen LogP contribution in [0.4, 0.5) is 4.79 Å². The van der Waals surface area contributed by atoms with Gasteiger partial charge in [-0.05, 0) is 17.7 Å². The summed E-state index contributed by atoms with van der Waals surface area (Å²) in [6.07, 6.45) is 1.13. The zero-order valence-corrected chi connectivity index (χ0v) is 15.7. The Kier molecular flexibility index (Phi) is 6.75. The first-order chi connectivity index (χ1) is 12.7. The Morgan fingerprint density at radius 1 is 1.11 bits per heavy atom. The molecule has 1 aliphatic heterocycles. The van der Waals surface area contributed by atoms with Gasteiger partial charge in [-0.3, -0.25) is 4.79 Å². The lowest BCUT2D eigenvalue weighted by atomic mass is 10.1. The highest BCUT2D eigenvalue weighted by atomic mass is 32.2. The van der Waals surface area contributed by atoms with Crippen molar-refractivity contribution in [3.05, 3.63) is 35.4 Å². The summed E-state index contributed by atoms with van der Waals surface area (Å²) >= 11 is 0. The molecule has 1 aliphatic rings. The van der Waals surface area contributed by atoms with E-state index in [-0.39, 0.29) is 44.2 Å². The third kappa shape index (κ3) is 6.22. The highest BCUT2D eigenvalue weighted by Crippen LogP contribution is 2.08. The fourth-order valence-corrected chi connectivity index (χ4v) is 3.35. The normalized spacial score (nSPS) is 15.2. The summed E-state index contributed by atoms with van der Waals surface area (Å²) < 4.78 is 29.2. The van der Waals surface area contributed by atoms with E-state index in [1.165, 1.54) is 21.3 Å². The minimum atomic E-state index is -3.27. The molecule has 10 nitrogen and oxygen atoms in total. The summed E-state index contributed by atoms with van der Waals surface area (Å²) in [4.78, 5) is 36.3. The van der Waals surface area contributed by atoms with E-state index in [0.29, 0.717) is 0 Å². The van der Waals surface area contributed by atoms with Crippen molar-refractivity contribution in [3.8, 4) is 0 Å². The molecule has 2 rings (SSSR count). The summed E-state index contributed by atoms with van der Waals surface area (Å²) in [5.74, 6) is -1.02. The smallest absolute Gasteiger partial charge is 0.338 e. The molecule has 1 aromatic carbocycles. The molecule has 27 heavy (non-hydrogen) atoms. The average molecular weight is 398 g/mol. The van der Waals surface area contributed by atoms with Gasteiger partial charge in [-0.2, -0.15) is 4.31 Å². The Labute approximate surface area is 157 Å². The number of hydrogen-bond donors (Lipinski definition) is 2. The number of rotatable bonds is 6. The minimum Gasteiger partial charge on any atom is -0.452 e. The molecule has 3 N–H and O–H groups in total. The first-order valence-corrected chi connectivity index (χ1v) is 10.0. The Morgan fingerprint density at radius 3 is 2.22 bits per heavy atom. The number of carbonyl (C=O) groups is 3. The van der Waals surface area contributed by atoms with Crippen molar-refractivity contribution in [2.24, 2.45) is 5.73 Å². The van der Waals surface area contributed by atoms with Gasteiger partial charge in [0.2, 0.25) is 10.0 Å². The van der Waals surface area contributed by atoms with Crippen molar-refractivity contribution < 1.29 is 27.5 Å². The van der Waals surface area contributed by atoms with Crippen LogP contribution in [0.1, 0.15) is 15.9 Å². The van der Waals surface area contributed by atoms with Crippen LogP contribution in [-0.2, 0) is 26.1 Å². The molecule has 0 atom stereocenters. The fourth-order valence-electron chi connectivity index (χ4n) is 2.52. The van der Waals surface area contributed by atoms with Crippen molar-refractivity contribution in [2.75, 3.05) is 39.0 Å². The molecule has 0 aromatic heterocycles. The number of carbonyl (C=O) groups excluding carboxylic acids is 3. The molecule has 0 bridgehead atoms.